The highest BCUT2D eigenvalue weighted by atomic mass is 15.0. The van der Waals surface area contributed by atoms with Crippen LogP contribution in [0, 0.1) is 0 Å². The molecular weight excluding hydrogens is 1740 g/mol. The van der Waals surface area contributed by atoms with Gasteiger partial charge in [-0.15, -0.1) is 0 Å². The summed E-state index contributed by atoms with van der Waals surface area (Å²) in [5, 5.41) is 22.9. The lowest BCUT2D eigenvalue weighted by Crippen LogP contribution is -2.01. The molecule has 0 spiro atoms. The summed E-state index contributed by atoms with van der Waals surface area (Å²) < 4.78 is 0. The van der Waals surface area contributed by atoms with Crippen LogP contribution in [0.25, 0.3) is 266 Å². The maximum absolute atomic E-state index is 5.18. The van der Waals surface area contributed by atoms with Crippen LogP contribution in [0.3, 0.4) is 0 Å². The lowest BCUT2D eigenvalue weighted by Gasteiger charge is -2.17. The summed E-state index contributed by atoms with van der Waals surface area (Å²) in [6.45, 7) is 0. The van der Waals surface area contributed by atoms with Gasteiger partial charge in [0, 0.05) is 50.1 Å². The zero-order chi connectivity index (χ0) is 95.6. The summed E-state index contributed by atoms with van der Waals surface area (Å²) in [4.78, 5) is 35.6. The molecule has 27 rings (SSSR count). The lowest BCUT2D eigenvalue weighted by molar-refractivity contribution is 1.07. The fourth-order valence-corrected chi connectivity index (χ4v) is 21.0. The van der Waals surface area contributed by atoms with Gasteiger partial charge in [-0.25, -0.2) is 34.9 Å². The Morgan fingerprint density at radius 1 is 0.0833 bits per heavy atom. The van der Waals surface area contributed by atoms with E-state index in [-0.39, 0.29) is 0 Å². The van der Waals surface area contributed by atoms with E-state index < -0.39 is 0 Å². The van der Waals surface area contributed by atoms with Gasteiger partial charge in [0.25, 0.3) is 0 Å². The van der Waals surface area contributed by atoms with Gasteiger partial charge in [0.1, 0.15) is 0 Å². The van der Waals surface area contributed by atoms with Crippen LogP contribution in [0.1, 0.15) is 0 Å². The Kier molecular flexibility index (Phi) is 23.0. The van der Waals surface area contributed by atoms with Gasteiger partial charge in [0.15, 0.2) is 29.1 Å². The molecule has 0 atom stereocenters. The summed E-state index contributed by atoms with van der Waals surface area (Å²) in [6, 6.07) is 191. The summed E-state index contributed by atoms with van der Waals surface area (Å²) in [5.41, 5.74) is 26.5. The molecule has 0 unspecified atom stereocenters. The largest absolute Gasteiger partial charge is 0.228 e. The van der Waals surface area contributed by atoms with E-state index in [0.717, 1.165) is 106 Å². The standard InChI is InChI=1S/2C46H30N2.C45H29N3/c1-3-15-31(16-4-1)44-30-45(48-46(47-44)32-17-5-2-6-18-32)42-26-14-13-24-39(42)35-20-8-7-19-34(35)33-27-28-41-38-23-10-9-21-36(38)37-22-11-12-25-40(37)43(41)29-33;1-3-15-31(16-4-1)44-30-45(32-17-5-2-6-18-32)48-46(47-44)42-26-14-13-24-39(42)35-20-8-7-19-34(35)33-27-28-41-38-23-10-9-21-36(38)37-22-11-12-25-40(37)43(41)29-33;1-3-15-30(16-4-1)43-46-44(31-17-5-2-6-18-31)48-45(47-43)41-26-14-13-24-38(41)34-20-8-7-19-33(34)32-27-28-40-37-23-10-9-21-35(37)36-22-11-12-25-39(36)42(40)29-32/h2*1-30H;1-29H. The summed E-state index contributed by atoms with van der Waals surface area (Å²) in [6.07, 6.45) is 0. The van der Waals surface area contributed by atoms with E-state index in [1.165, 1.54) is 130 Å². The molecule has 7 heteroatoms. The van der Waals surface area contributed by atoms with Crippen molar-refractivity contribution in [1.29, 1.82) is 0 Å². The highest BCUT2D eigenvalue weighted by Crippen LogP contribution is 2.48. The highest BCUT2D eigenvalue weighted by molar-refractivity contribution is 6.29. The molecular formula is C137H89N7. The molecule has 0 fully saturated rings. The van der Waals surface area contributed by atoms with Gasteiger partial charge in [-0.05, 0) is 194 Å². The van der Waals surface area contributed by atoms with E-state index >= 15 is 0 Å². The second-order valence-corrected chi connectivity index (χ2v) is 36.3. The highest BCUT2D eigenvalue weighted by Gasteiger charge is 2.25. The maximum Gasteiger partial charge on any atom is 0.164 e. The molecule has 0 radical (unpaired) electrons. The molecule has 0 aliphatic heterocycles. The van der Waals surface area contributed by atoms with Gasteiger partial charge in [-0.2, -0.15) is 0 Å². The molecule has 0 saturated carbocycles. The first-order valence-corrected chi connectivity index (χ1v) is 48.9. The Hall–Kier alpha value is -19.2. The van der Waals surface area contributed by atoms with Crippen molar-refractivity contribution < 1.29 is 0 Å². The van der Waals surface area contributed by atoms with E-state index in [1.807, 2.05) is 97.1 Å². The first-order valence-electron chi connectivity index (χ1n) is 48.9. The van der Waals surface area contributed by atoms with Gasteiger partial charge in [0.2, 0.25) is 0 Å². The number of fused-ring (bicyclic) bond motifs is 18. The molecule has 0 N–H and O–H groups in total. The normalized spacial score (nSPS) is 11.3. The molecule has 672 valence electrons. The smallest absolute Gasteiger partial charge is 0.164 e. The van der Waals surface area contributed by atoms with Gasteiger partial charge in [0.05, 0.1) is 22.8 Å². The zero-order valence-electron chi connectivity index (χ0n) is 78.5. The van der Waals surface area contributed by atoms with Crippen molar-refractivity contribution in [3.05, 3.63) is 540 Å². The average molecular weight is 1830 g/mol. The van der Waals surface area contributed by atoms with E-state index in [2.05, 4.69) is 443 Å². The van der Waals surface area contributed by atoms with Crippen molar-refractivity contribution >= 4 is 97.0 Å². The average Bonchev–Trinajstić information content (AvgIpc) is 0.742. The number of hydrogen-bond donors (Lipinski definition) is 0. The molecule has 24 aromatic carbocycles. The van der Waals surface area contributed by atoms with Crippen molar-refractivity contribution in [1.82, 2.24) is 34.9 Å². The SMILES string of the molecule is c1ccc(-c2cc(-c3ccccc3)nc(-c3ccccc3-c3ccccc3-c3ccc4c5ccccc5c5ccccc5c4c3)n2)cc1.c1ccc(-c2cc(-c3ccccc3-c3ccccc3-c3ccc4c5ccccc5c5ccccc5c4c3)nc(-c3ccccc3)n2)cc1.c1ccc(-c2nc(-c3ccccc3)nc(-c3ccccc3-c3ccccc3-c3ccc4c5ccccc5c5ccccc5c4c3)n2)cc1. The minimum atomic E-state index is 0.643. The van der Waals surface area contributed by atoms with Crippen LogP contribution in [-0.2, 0) is 0 Å². The Bertz CT molecular complexity index is 8420. The van der Waals surface area contributed by atoms with Crippen LogP contribution < -0.4 is 0 Å². The molecule has 0 aliphatic carbocycles. The van der Waals surface area contributed by atoms with Gasteiger partial charge in [-0.1, -0.05) is 510 Å². The Labute approximate surface area is 834 Å². The third-order valence-electron chi connectivity index (χ3n) is 27.7. The first kappa shape index (κ1) is 86.4. The first-order chi connectivity index (χ1) is 71.4. The van der Waals surface area contributed by atoms with Gasteiger partial charge >= 0.3 is 0 Å². The Balaban J connectivity index is 0.000000113. The quantitative estimate of drug-likeness (QED) is 0.0945. The van der Waals surface area contributed by atoms with Gasteiger partial charge in [-0.3, -0.25) is 0 Å². The molecule has 0 saturated heterocycles. The minimum absolute atomic E-state index is 0.643. The molecule has 0 aliphatic rings. The van der Waals surface area contributed by atoms with Crippen LogP contribution in [0.5, 0.6) is 0 Å². The molecule has 27 aromatic rings. The van der Waals surface area contributed by atoms with Crippen LogP contribution in [0.2, 0.25) is 0 Å². The molecule has 144 heavy (non-hydrogen) atoms. The molecule has 3 heterocycles. The molecule has 7 nitrogen and oxygen atoms in total. The van der Waals surface area contributed by atoms with Gasteiger partial charge < -0.3 is 0 Å². The molecule has 3 aromatic heterocycles. The zero-order valence-corrected chi connectivity index (χ0v) is 78.5. The number of rotatable bonds is 15. The van der Waals surface area contributed by atoms with Crippen molar-refractivity contribution in [3.8, 4) is 169 Å². The predicted octanol–water partition coefficient (Wildman–Crippen LogP) is 36.2. The molecule has 0 amide bonds. The number of benzene rings is 24. The Morgan fingerprint density at radius 3 is 0.528 bits per heavy atom. The van der Waals surface area contributed by atoms with E-state index in [1.54, 1.807) is 0 Å². The predicted molar refractivity (Wildman–Crippen MR) is 603 cm³/mol. The summed E-state index contributed by atoms with van der Waals surface area (Å²) >= 11 is 0. The van der Waals surface area contributed by atoms with Crippen LogP contribution in [-0.4, -0.2) is 34.9 Å². The monoisotopic (exact) mass is 1830 g/mol. The van der Waals surface area contributed by atoms with E-state index in [4.69, 9.17) is 34.9 Å². The van der Waals surface area contributed by atoms with Crippen molar-refractivity contribution in [2.24, 2.45) is 0 Å². The molecule has 0 bridgehead atoms. The van der Waals surface area contributed by atoms with Crippen molar-refractivity contribution in [2.75, 3.05) is 0 Å². The number of aromatic nitrogens is 7. The van der Waals surface area contributed by atoms with E-state index in [0.29, 0.717) is 29.1 Å². The fourth-order valence-electron chi connectivity index (χ4n) is 21.0. The third-order valence-corrected chi connectivity index (χ3v) is 27.7. The second-order valence-electron chi connectivity index (χ2n) is 36.3. The van der Waals surface area contributed by atoms with Crippen molar-refractivity contribution in [2.45, 2.75) is 0 Å². The topological polar surface area (TPSA) is 90.2 Å². The number of hydrogen-bond acceptors (Lipinski definition) is 7. The van der Waals surface area contributed by atoms with Crippen LogP contribution in [0.15, 0.2) is 540 Å². The second kappa shape index (κ2) is 38.3. The lowest BCUT2D eigenvalue weighted by atomic mass is 9.88. The Morgan fingerprint density at radius 2 is 0.250 bits per heavy atom. The number of nitrogens with zero attached hydrogens (tertiary/aromatic N) is 7. The minimum Gasteiger partial charge on any atom is -0.228 e. The fraction of sp³-hybridized carbons (Fsp3) is 0. The summed E-state index contributed by atoms with van der Waals surface area (Å²) in [7, 11) is 0. The maximum atomic E-state index is 5.18. The van der Waals surface area contributed by atoms with E-state index in [9.17, 15) is 0 Å². The van der Waals surface area contributed by atoms with Crippen LogP contribution in [0.4, 0.5) is 0 Å². The summed E-state index contributed by atoms with van der Waals surface area (Å²) in [5.74, 6) is 3.36. The third kappa shape index (κ3) is 16.5. The van der Waals surface area contributed by atoms with Crippen LogP contribution >= 0.6 is 0 Å². The van der Waals surface area contributed by atoms with Crippen molar-refractivity contribution in [3.63, 3.8) is 0 Å².